The number of hydrogen-bond acceptors (Lipinski definition) is 9. The number of carbonyl (C=O) groups excluding carboxylic acids is 1. The second-order valence-corrected chi connectivity index (χ2v) is 6.76. The molecule has 0 saturated carbocycles. The summed E-state index contributed by atoms with van der Waals surface area (Å²) in [6.07, 6.45) is 4.97. The van der Waals surface area contributed by atoms with Crippen molar-refractivity contribution in [3.05, 3.63) is 42.9 Å². The number of rotatable bonds is 12. The quantitative estimate of drug-likeness (QED) is 0.297. The van der Waals surface area contributed by atoms with Crippen LogP contribution in [0.4, 0.5) is 17.3 Å². The third kappa shape index (κ3) is 6.51. The van der Waals surface area contributed by atoms with Crippen molar-refractivity contribution in [3.63, 3.8) is 0 Å². The Bertz CT molecular complexity index is 998. The number of hydrogen-bond donors (Lipinski definition) is 3. The SMILES string of the molecule is CCOC(=O)CCCOc1ccccc1Nc1ncnc2cnc(NCCCN)cc12. The molecule has 4 N–H and O–H groups in total. The van der Waals surface area contributed by atoms with E-state index in [2.05, 4.69) is 25.6 Å². The molecule has 3 aromatic rings. The molecule has 0 unspecified atom stereocenters. The van der Waals surface area contributed by atoms with Gasteiger partial charge in [-0.05, 0) is 44.5 Å². The zero-order chi connectivity index (χ0) is 21.9. The van der Waals surface area contributed by atoms with Crippen LogP contribution in [0.25, 0.3) is 10.9 Å². The summed E-state index contributed by atoms with van der Waals surface area (Å²) in [6.45, 7) is 3.95. The first-order chi connectivity index (χ1) is 15.2. The van der Waals surface area contributed by atoms with Gasteiger partial charge in [-0.25, -0.2) is 15.0 Å². The van der Waals surface area contributed by atoms with Gasteiger partial charge in [0.2, 0.25) is 0 Å². The number of pyridine rings is 1. The minimum atomic E-state index is -0.213. The van der Waals surface area contributed by atoms with Crippen molar-refractivity contribution < 1.29 is 14.3 Å². The molecule has 9 nitrogen and oxygen atoms in total. The molecule has 2 aromatic heterocycles. The van der Waals surface area contributed by atoms with E-state index in [0.717, 1.165) is 35.4 Å². The Morgan fingerprint density at radius 3 is 2.87 bits per heavy atom. The third-order valence-electron chi connectivity index (χ3n) is 4.44. The predicted octanol–water partition coefficient (Wildman–Crippen LogP) is 3.25. The van der Waals surface area contributed by atoms with E-state index < -0.39 is 0 Å². The number of nitrogens with one attached hydrogen (secondary N) is 2. The molecule has 2 heterocycles. The molecule has 31 heavy (non-hydrogen) atoms. The van der Waals surface area contributed by atoms with Crippen molar-refractivity contribution in [3.8, 4) is 5.75 Å². The first-order valence-corrected chi connectivity index (χ1v) is 10.4. The molecule has 0 fully saturated rings. The van der Waals surface area contributed by atoms with E-state index in [1.165, 1.54) is 6.33 Å². The number of para-hydroxylation sites is 2. The molecule has 0 aliphatic carbocycles. The van der Waals surface area contributed by atoms with Crippen LogP contribution in [0.5, 0.6) is 5.75 Å². The van der Waals surface area contributed by atoms with Crippen molar-refractivity contribution in [1.29, 1.82) is 0 Å². The Balaban J connectivity index is 1.71. The monoisotopic (exact) mass is 424 g/mol. The standard InChI is InChI=1S/C22H28N6O3/c1-2-30-21(29)9-5-12-31-19-8-4-3-7-17(19)28-22-16-13-20(24-11-6-10-23)25-14-18(16)26-15-27-22/h3-4,7-8,13-15H,2,5-6,9-12,23H2,1H3,(H,24,25)(H,26,27,28). The van der Waals surface area contributed by atoms with E-state index in [-0.39, 0.29) is 5.97 Å². The first kappa shape index (κ1) is 22.2. The van der Waals surface area contributed by atoms with Crippen LogP contribution in [0.15, 0.2) is 42.9 Å². The fourth-order valence-corrected chi connectivity index (χ4v) is 2.93. The minimum absolute atomic E-state index is 0.213. The van der Waals surface area contributed by atoms with Crippen LogP contribution in [0, 0.1) is 0 Å². The summed E-state index contributed by atoms with van der Waals surface area (Å²) in [5, 5.41) is 7.43. The smallest absolute Gasteiger partial charge is 0.305 e. The Hall–Kier alpha value is -3.46. The molecule has 0 radical (unpaired) electrons. The maximum absolute atomic E-state index is 11.5. The Morgan fingerprint density at radius 1 is 1.16 bits per heavy atom. The molecule has 3 rings (SSSR count). The maximum Gasteiger partial charge on any atom is 0.305 e. The normalized spacial score (nSPS) is 10.6. The highest BCUT2D eigenvalue weighted by molar-refractivity contribution is 5.92. The number of ether oxygens (including phenoxy) is 2. The fourth-order valence-electron chi connectivity index (χ4n) is 2.93. The second-order valence-electron chi connectivity index (χ2n) is 6.76. The van der Waals surface area contributed by atoms with Gasteiger partial charge in [0.15, 0.2) is 0 Å². The molecule has 0 amide bonds. The first-order valence-electron chi connectivity index (χ1n) is 10.4. The molecule has 0 spiro atoms. The largest absolute Gasteiger partial charge is 0.491 e. The lowest BCUT2D eigenvalue weighted by atomic mass is 10.2. The van der Waals surface area contributed by atoms with Crippen molar-refractivity contribution >= 4 is 34.2 Å². The highest BCUT2D eigenvalue weighted by atomic mass is 16.5. The van der Waals surface area contributed by atoms with Crippen LogP contribution in [-0.2, 0) is 9.53 Å². The van der Waals surface area contributed by atoms with Crippen LogP contribution >= 0.6 is 0 Å². The van der Waals surface area contributed by atoms with E-state index in [0.29, 0.717) is 44.2 Å². The predicted molar refractivity (Wildman–Crippen MR) is 121 cm³/mol. The molecule has 0 aliphatic heterocycles. The summed E-state index contributed by atoms with van der Waals surface area (Å²) >= 11 is 0. The van der Waals surface area contributed by atoms with Crippen molar-refractivity contribution in [2.75, 3.05) is 36.9 Å². The number of esters is 1. The lowest BCUT2D eigenvalue weighted by Crippen LogP contribution is -2.09. The molecule has 1 aromatic carbocycles. The van der Waals surface area contributed by atoms with E-state index in [1.54, 1.807) is 13.1 Å². The number of nitrogens with two attached hydrogens (primary N) is 1. The van der Waals surface area contributed by atoms with Gasteiger partial charge in [-0.15, -0.1) is 0 Å². The van der Waals surface area contributed by atoms with Crippen molar-refractivity contribution in [1.82, 2.24) is 15.0 Å². The number of carbonyl (C=O) groups is 1. The molecular weight excluding hydrogens is 396 g/mol. The van der Waals surface area contributed by atoms with Gasteiger partial charge in [-0.3, -0.25) is 4.79 Å². The van der Waals surface area contributed by atoms with Gasteiger partial charge in [0.1, 0.15) is 23.7 Å². The lowest BCUT2D eigenvalue weighted by molar-refractivity contribution is -0.143. The van der Waals surface area contributed by atoms with Crippen LogP contribution in [0.1, 0.15) is 26.2 Å². The summed E-state index contributed by atoms with van der Waals surface area (Å²) in [5.41, 5.74) is 7.06. The number of fused-ring (bicyclic) bond motifs is 1. The number of anilines is 3. The number of nitrogens with zero attached hydrogens (tertiary/aromatic N) is 3. The van der Waals surface area contributed by atoms with Gasteiger partial charge < -0.3 is 25.8 Å². The molecule has 9 heteroatoms. The van der Waals surface area contributed by atoms with Crippen LogP contribution < -0.4 is 21.1 Å². The van der Waals surface area contributed by atoms with Gasteiger partial charge in [-0.2, -0.15) is 0 Å². The highest BCUT2D eigenvalue weighted by Crippen LogP contribution is 2.30. The Kier molecular flexibility index (Phi) is 8.36. The van der Waals surface area contributed by atoms with Gasteiger partial charge in [0.05, 0.1) is 30.6 Å². The summed E-state index contributed by atoms with van der Waals surface area (Å²) in [5.74, 6) is 1.85. The molecule has 164 valence electrons. The van der Waals surface area contributed by atoms with Crippen LogP contribution in [0.2, 0.25) is 0 Å². The summed E-state index contributed by atoms with van der Waals surface area (Å²) in [6, 6.07) is 9.51. The van der Waals surface area contributed by atoms with Gasteiger partial charge in [-0.1, -0.05) is 12.1 Å². The van der Waals surface area contributed by atoms with Crippen LogP contribution in [-0.4, -0.2) is 47.2 Å². The van der Waals surface area contributed by atoms with Gasteiger partial charge in [0.25, 0.3) is 0 Å². The highest BCUT2D eigenvalue weighted by Gasteiger charge is 2.10. The fraction of sp³-hybridized carbons (Fsp3) is 0.364. The number of benzene rings is 1. The van der Waals surface area contributed by atoms with Gasteiger partial charge >= 0.3 is 5.97 Å². The van der Waals surface area contributed by atoms with Crippen molar-refractivity contribution in [2.45, 2.75) is 26.2 Å². The Morgan fingerprint density at radius 2 is 2.03 bits per heavy atom. The average Bonchev–Trinajstić information content (AvgIpc) is 2.78. The van der Waals surface area contributed by atoms with E-state index >= 15 is 0 Å². The van der Waals surface area contributed by atoms with Crippen molar-refractivity contribution in [2.24, 2.45) is 5.73 Å². The lowest BCUT2D eigenvalue weighted by Gasteiger charge is -2.14. The summed E-state index contributed by atoms with van der Waals surface area (Å²) < 4.78 is 10.8. The van der Waals surface area contributed by atoms with Crippen LogP contribution in [0.3, 0.4) is 0 Å². The topological polar surface area (TPSA) is 124 Å². The Labute approximate surface area is 181 Å². The van der Waals surface area contributed by atoms with E-state index in [9.17, 15) is 4.79 Å². The summed E-state index contributed by atoms with van der Waals surface area (Å²) in [7, 11) is 0. The third-order valence-corrected chi connectivity index (χ3v) is 4.44. The zero-order valence-electron chi connectivity index (χ0n) is 17.6. The molecular formula is C22H28N6O3. The molecule has 0 saturated heterocycles. The minimum Gasteiger partial charge on any atom is -0.491 e. The second kappa shape index (κ2) is 11.7. The van der Waals surface area contributed by atoms with Gasteiger partial charge in [0, 0.05) is 18.4 Å². The van der Waals surface area contributed by atoms with E-state index in [1.807, 2.05) is 30.3 Å². The summed E-state index contributed by atoms with van der Waals surface area (Å²) in [4.78, 5) is 24.6. The molecule has 0 bridgehead atoms. The average molecular weight is 425 g/mol. The van der Waals surface area contributed by atoms with E-state index in [4.69, 9.17) is 15.2 Å². The zero-order valence-corrected chi connectivity index (χ0v) is 17.6. The molecule has 0 aliphatic rings. The number of aromatic nitrogens is 3. The molecule has 0 atom stereocenters. The maximum atomic E-state index is 11.5.